The number of rotatable bonds is 9. The standard InChI is InChI=1S/C21H27F3N4O2/c1-13(2)19(29)18-11-28(20(30)17(18)6-7-26-5)15(4)16(8-14(3)9-25)10-27-12-21(22,23)24/h6-10,13,15H,5,11-12,25H2,1-4H3/b7-6-,14-9+,16-8+,27-10-. The summed E-state index contributed by atoms with van der Waals surface area (Å²) in [4.78, 5) is 34.0. The Morgan fingerprint density at radius 1 is 1.33 bits per heavy atom. The minimum absolute atomic E-state index is 0.0314. The van der Waals surface area contributed by atoms with Gasteiger partial charge in [-0.2, -0.15) is 13.2 Å². The highest BCUT2D eigenvalue weighted by atomic mass is 19.4. The van der Waals surface area contributed by atoms with Crippen LogP contribution in [0.2, 0.25) is 0 Å². The number of allylic oxidation sites excluding steroid dienone is 2. The third-order valence-corrected chi connectivity index (χ3v) is 4.43. The van der Waals surface area contributed by atoms with E-state index in [1.165, 1.54) is 23.4 Å². The van der Waals surface area contributed by atoms with Crippen LogP contribution >= 0.6 is 0 Å². The van der Waals surface area contributed by atoms with Crippen molar-refractivity contribution in [3.05, 3.63) is 46.8 Å². The smallest absolute Gasteiger partial charge is 0.404 e. The van der Waals surface area contributed by atoms with Crippen molar-refractivity contribution in [2.75, 3.05) is 13.1 Å². The molecule has 0 saturated carbocycles. The Kier molecular flexibility index (Phi) is 8.94. The maximum atomic E-state index is 13.0. The lowest BCUT2D eigenvalue weighted by molar-refractivity contribution is -0.126. The highest BCUT2D eigenvalue weighted by Crippen LogP contribution is 2.27. The van der Waals surface area contributed by atoms with Crippen LogP contribution in [-0.4, -0.2) is 54.8 Å². The Morgan fingerprint density at radius 3 is 2.47 bits per heavy atom. The van der Waals surface area contributed by atoms with Gasteiger partial charge in [0.05, 0.1) is 12.6 Å². The van der Waals surface area contributed by atoms with Crippen LogP contribution in [0.1, 0.15) is 27.7 Å². The molecule has 1 aliphatic rings. The van der Waals surface area contributed by atoms with E-state index in [1.54, 1.807) is 33.8 Å². The number of Topliss-reactive ketones (excluding diaryl/α,β-unsaturated/α-hetero) is 1. The Bertz CT molecular complexity index is 834. The fraction of sp³-hybridized carbons (Fsp3) is 0.429. The number of alkyl halides is 3. The van der Waals surface area contributed by atoms with E-state index in [1.807, 2.05) is 0 Å². The van der Waals surface area contributed by atoms with Gasteiger partial charge in [0.25, 0.3) is 5.91 Å². The van der Waals surface area contributed by atoms with Gasteiger partial charge in [0.2, 0.25) is 0 Å². The molecule has 1 aliphatic heterocycles. The van der Waals surface area contributed by atoms with E-state index in [4.69, 9.17) is 5.73 Å². The molecule has 2 N–H and O–H groups in total. The van der Waals surface area contributed by atoms with Crippen molar-refractivity contribution in [2.45, 2.75) is 39.9 Å². The van der Waals surface area contributed by atoms with Crippen LogP contribution in [0.3, 0.4) is 0 Å². The van der Waals surface area contributed by atoms with Gasteiger partial charge >= 0.3 is 6.18 Å². The Labute approximate surface area is 174 Å². The third kappa shape index (κ3) is 6.82. The molecular formula is C21H27F3N4O2. The molecule has 9 heteroatoms. The van der Waals surface area contributed by atoms with Crippen molar-refractivity contribution in [1.82, 2.24) is 4.90 Å². The van der Waals surface area contributed by atoms with Crippen molar-refractivity contribution in [3.8, 4) is 0 Å². The lowest BCUT2D eigenvalue weighted by Crippen LogP contribution is -2.38. The second-order valence-corrected chi connectivity index (χ2v) is 7.16. The van der Waals surface area contributed by atoms with Crippen LogP contribution in [0.25, 0.3) is 0 Å². The maximum Gasteiger partial charge on any atom is 0.407 e. The first-order valence-electron chi connectivity index (χ1n) is 9.30. The second-order valence-electron chi connectivity index (χ2n) is 7.16. The highest BCUT2D eigenvalue weighted by Gasteiger charge is 2.36. The van der Waals surface area contributed by atoms with Gasteiger partial charge in [-0.15, -0.1) is 0 Å². The summed E-state index contributed by atoms with van der Waals surface area (Å²) >= 11 is 0. The minimum atomic E-state index is -4.44. The lowest BCUT2D eigenvalue weighted by Gasteiger charge is -2.26. The summed E-state index contributed by atoms with van der Waals surface area (Å²) in [5.41, 5.74) is 6.96. The van der Waals surface area contributed by atoms with Crippen molar-refractivity contribution < 1.29 is 22.8 Å². The number of hydrogen-bond donors (Lipinski definition) is 1. The zero-order valence-corrected chi connectivity index (χ0v) is 17.5. The predicted octanol–water partition coefficient (Wildman–Crippen LogP) is 3.38. The molecule has 1 rings (SSSR count). The first-order chi connectivity index (χ1) is 13.9. The number of hydrogen-bond acceptors (Lipinski definition) is 5. The Morgan fingerprint density at radius 2 is 1.97 bits per heavy atom. The van der Waals surface area contributed by atoms with Crippen molar-refractivity contribution >= 4 is 24.6 Å². The molecule has 6 nitrogen and oxygen atoms in total. The predicted molar refractivity (Wildman–Crippen MR) is 112 cm³/mol. The maximum absolute atomic E-state index is 13.0. The van der Waals surface area contributed by atoms with Gasteiger partial charge in [-0.05, 0) is 44.0 Å². The number of carbonyl (C=O) groups is 2. The largest absolute Gasteiger partial charge is 0.407 e. The average Bonchev–Trinajstić information content (AvgIpc) is 2.99. The number of halogens is 3. The minimum Gasteiger partial charge on any atom is -0.404 e. The van der Waals surface area contributed by atoms with Crippen molar-refractivity contribution in [3.63, 3.8) is 0 Å². The summed E-state index contributed by atoms with van der Waals surface area (Å²) in [7, 11) is 0. The molecule has 164 valence electrons. The van der Waals surface area contributed by atoms with E-state index < -0.39 is 24.7 Å². The van der Waals surface area contributed by atoms with E-state index >= 15 is 0 Å². The first kappa shape index (κ1) is 25.1. The fourth-order valence-corrected chi connectivity index (χ4v) is 2.79. The monoisotopic (exact) mass is 424 g/mol. The second kappa shape index (κ2) is 10.7. The molecule has 0 aromatic rings. The van der Waals surface area contributed by atoms with Gasteiger partial charge in [-0.1, -0.05) is 19.9 Å². The van der Waals surface area contributed by atoms with Crippen LogP contribution < -0.4 is 5.73 Å². The van der Waals surface area contributed by atoms with Crippen molar-refractivity contribution in [2.24, 2.45) is 21.6 Å². The molecule has 1 heterocycles. The van der Waals surface area contributed by atoms with Crippen LogP contribution in [-0.2, 0) is 9.59 Å². The highest BCUT2D eigenvalue weighted by molar-refractivity contribution is 6.11. The molecule has 0 aliphatic carbocycles. The van der Waals surface area contributed by atoms with Crippen LogP contribution in [0, 0.1) is 5.92 Å². The summed E-state index contributed by atoms with van der Waals surface area (Å²) in [6.45, 7) is 8.79. The molecule has 0 saturated heterocycles. The first-order valence-corrected chi connectivity index (χ1v) is 9.30. The summed E-state index contributed by atoms with van der Waals surface area (Å²) in [5.74, 6) is -0.930. The van der Waals surface area contributed by atoms with Gasteiger partial charge in [0.15, 0.2) is 5.78 Å². The number of amides is 1. The van der Waals surface area contributed by atoms with Crippen LogP contribution in [0.4, 0.5) is 13.2 Å². The average molecular weight is 424 g/mol. The van der Waals surface area contributed by atoms with Crippen LogP contribution in [0.5, 0.6) is 0 Å². The van der Waals surface area contributed by atoms with E-state index in [0.717, 1.165) is 6.21 Å². The van der Waals surface area contributed by atoms with E-state index in [2.05, 4.69) is 16.7 Å². The zero-order chi connectivity index (χ0) is 23.1. The van der Waals surface area contributed by atoms with Gasteiger partial charge < -0.3 is 10.6 Å². The zero-order valence-electron chi connectivity index (χ0n) is 17.5. The SMILES string of the molecule is C=N/C=C\C1=C(C(=O)C(C)C)CN(C(C)C(/C=N\CC(F)(F)F)=C/C(C)=C/N)C1=O. The molecule has 1 atom stereocenters. The van der Waals surface area contributed by atoms with E-state index in [9.17, 15) is 22.8 Å². The summed E-state index contributed by atoms with van der Waals surface area (Å²) in [5, 5.41) is 0. The lowest BCUT2D eigenvalue weighted by atomic mass is 9.98. The van der Waals surface area contributed by atoms with Gasteiger partial charge in [-0.3, -0.25) is 19.6 Å². The molecule has 0 aromatic heterocycles. The van der Waals surface area contributed by atoms with Gasteiger partial charge in [-0.25, -0.2) is 0 Å². The molecule has 30 heavy (non-hydrogen) atoms. The number of nitrogens with zero attached hydrogens (tertiary/aromatic N) is 3. The topological polar surface area (TPSA) is 88.1 Å². The molecule has 1 unspecified atom stereocenters. The number of nitrogens with two attached hydrogens (primary N) is 1. The number of aliphatic imine (C=N–C) groups is 2. The van der Waals surface area contributed by atoms with E-state index in [-0.39, 0.29) is 23.8 Å². The Balaban J connectivity index is 3.31. The molecule has 1 amide bonds. The molecular weight excluding hydrogens is 397 g/mol. The quantitative estimate of drug-likeness (QED) is 0.455. The summed E-state index contributed by atoms with van der Waals surface area (Å²) in [6, 6.07) is -0.651. The van der Waals surface area contributed by atoms with Crippen molar-refractivity contribution in [1.29, 1.82) is 0 Å². The van der Waals surface area contributed by atoms with Crippen LogP contribution in [0.15, 0.2) is 56.8 Å². The normalized spacial score (nSPS) is 17.7. The number of ketones is 1. The third-order valence-electron chi connectivity index (χ3n) is 4.43. The molecule has 0 aromatic carbocycles. The van der Waals surface area contributed by atoms with E-state index in [0.29, 0.717) is 16.7 Å². The van der Waals surface area contributed by atoms with Gasteiger partial charge in [0.1, 0.15) is 6.54 Å². The molecule has 0 spiro atoms. The Hall–Kier alpha value is -2.97. The number of carbonyl (C=O) groups excluding carboxylic acids is 2. The summed E-state index contributed by atoms with van der Waals surface area (Å²) < 4.78 is 37.5. The van der Waals surface area contributed by atoms with Gasteiger partial charge in [0, 0.05) is 29.5 Å². The molecule has 0 radical (unpaired) electrons. The summed E-state index contributed by atoms with van der Waals surface area (Å²) in [6.07, 6.45) is 2.23. The molecule has 0 bridgehead atoms. The molecule has 0 fully saturated rings. The fourth-order valence-electron chi connectivity index (χ4n) is 2.79.